The van der Waals surface area contributed by atoms with Gasteiger partial charge in [-0.2, -0.15) is 0 Å². The number of rotatable bonds is 10. The molecule has 3 N–H and O–H groups in total. The van der Waals surface area contributed by atoms with Gasteiger partial charge in [-0.15, -0.1) is 0 Å². The van der Waals surface area contributed by atoms with Crippen molar-refractivity contribution in [1.29, 1.82) is 0 Å². The Balaban J connectivity index is -0.000000158. The van der Waals surface area contributed by atoms with Crippen LogP contribution in [0.3, 0.4) is 0 Å². The Morgan fingerprint density at radius 2 is 1.53 bits per heavy atom. The lowest BCUT2D eigenvalue weighted by Gasteiger charge is -2.21. The molecule has 0 radical (unpaired) electrons. The van der Waals surface area contributed by atoms with Gasteiger partial charge in [-0.25, -0.2) is 4.98 Å². The number of ketones is 1. The van der Waals surface area contributed by atoms with Crippen LogP contribution in [0.25, 0.3) is 0 Å². The number of amides is 1. The molecule has 0 spiro atoms. The second kappa shape index (κ2) is 33.6. The van der Waals surface area contributed by atoms with Crippen LogP contribution < -0.4 is 11.1 Å². The molecule has 1 aromatic heterocycles. The molecule has 0 saturated carbocycles. The largest absolute Gasteiger partial charge is 0.384 e. The predicted octanol–water partition coefficient (Wildman–Crippen LogP) is 3.84. The molecule has 1 heterocycles. The summed E-state index contributed by atoms with van der Waals surface area (Å²) in [5, 5.41) is 2.96. The zero-order valence-corrected chi connectivity index (χ0v) is 21.6. The summed E-state index contributed by atoms with van der Waals surface area (Å²) in [5.74, 6) is 0.309. The number of aromatic nitrogens is 1. The average Bonchev–Trinajstić information content (AvgIpc) is 2.81. The van der Waals surface area contributed by atoms with Crippen molar-refractivity contribution in [1.82, 2.24) is 15.2 Å². The number of hydrogen-bond acceptors (Lipinski definition) is 7. The van der Waals surface area contributed by atoms with E-state index in [1.54, 1.807) is 44.5 Å². The van der Waals surface area contributed by atoms with Gasteiger partial charge in [-0.3, -0.25) is 9.59 Å². The minimum atomic E-state index is -0.0861. The fraction of sp³-hybridized carbons (Fsp3) is 0.708. The van der Waals surface area contributed by atoms with E-state index in [4.69, 9.17) is 5.73 Å². The van der Waals surface area contributed by atoms with Crippen LogP contribution in [0.4, 0.5) is 5.82 Å². The van der Waals surface area contributed by atoms with Crippen molar-refractivity contribution in [2.75, 3.05) is 59.8 Å². The van der Waals surface area contributed by atoms with E-state index >= 15 is 0 Å². The van der Waals surface area contributed by atoms with Crippen LogP contribution in [0.5, 0.6) is 0 Å². The molecule has 0 unspecified atom stereocenters. The first-order chi connectivity index (χ1) is 14.9. The van der Waals surface area contributed by atoms with E-state index in [1.807, 2.05) is 41.5 Å². The number of methoxy groups -OCH3 is 2. The maximum Gasteiger partial charge on any atom is 0.227 e. The maximum atomic E-state index is 12.1. The summed E-state index contributed by atoms with van der Waals surface area (Å²) in [6, 6.07) is 3.43. The Kier molecular flexibility index (Phi) is 42.4. The highest BCUT2D eigenvalue weighted by Gasteiger charge is 2.15. The number of nitrogens with one attached hydrogen (secondary N) is 1. The second-order valence-corrected chi connectivity index (χ2v) is 5.37. The summed E-state index contributed by atoms with van der Waals surface area (Å²) in [4.78, 5) is 28.8. The number of Topliss-reactive ketones (excluding diaryl/α,β-unsaturated/α-hetero) is 1. The number of ether oxygens (including phenoxy) is 2. The van der Waals surface area contributed by atoms with Gasteiger partial charge in [0.05, 0.1) is 26.2 Å². The number of carbonyl (C=O) groups excluding carboxylic acids is 2. The Labute approximate surface area is 198 Å². The highest BCUT2D eigenvalue weighted by atomic mass is 16.5. The topological polar surface area (TPSA) is 107 Å². The Hall–Kier alpha value is -2.03. The lowest BCUT2D eigenvalue weighted by Crippen LogP contribution is -2.40. The van der Waals surface area contributed by atoms with Crippen molar-refractivity contribution in [3.8, 4) is 0 Å². The SMILES string of the molecule is C.CC.CC.CC.CNCCN(CC(C)=O)C(=O)Cc1ccc(N)nc1.COCCOC. The maximum absolute atomic E-state index is 12.1. The first kappa shape index (κ1) is 40.3. The number of carbonyl (C=O) groups is 2. The summed E-state index contributed by atoms with van der Waals surface area (Å²) in [6.45, 7) is 16.2. The van der Waals surface area contributed by atoms with Crippen LogP contribution in [0.1, 0.15) is 61.5 Å². The number of hydrogen-bond donors (Lipinski definition) is 2. The van der Waals surface area contributed by atoms with Crippen LogP contribution in [0.15, 0.2) is 18.3 Å². The molecule has 1 rings (SSSR count). The summed E-state index contributed by atoms with van der Waals surface area (Å²) < 4.78 is 9.31. The van der Waals surface area contributed by atoms with Crippen LogP contribution in [0.2, 0.25) is 0 Å². The molecule has 0 atom stereocenters. The van der Waals surface area contributed by atoms with Crippen molar-refractivity contribution in [2.24, 2.45) is 0 Å². The van der Waals surface area contributed by atoms with Crippen molar-refractivity contribution >= 4 is 17.5 Å². The van der Waals surface area contributed by atoms with E-state index in [0.29, 0.717) is 32.1 Å². The molecule has 192 valence electrons. The third-order valence-electron chi connectivity index (χ3n) is 3.09. The van der Waals surface area contributed by atoms with Gasteiger partial charge in [0, 0.05) is 33.5 Å². The van der Waals surface area contributed by atoms with Gasteiger partial charge < -0.3 is 25.4 Å². The standard InChI is InChI=1S/C13H20N4O2.C4H10O2.3C2H6.CH4/c1-10(18)9-17(6-5-15-2)13(19)7-11-3-4-12(14)16-8-11;1-5-3-4-6-2;3*1-2;/h3-4,8,15H,5-7,9H2,1-2H3,(H2,14,16);3-4H2,1-2H3;3*1-2H3;1H4. The van der Waals surface area contributed by atoms with Crippen molar-refractivity contribution in [3.05, 3.63) is 23.9 Å². The zero-order valence-electron chi connectivity index (χ0n) is 21.6. The molecule has 8 heteroatoms. The summed E-state index contributed by atoms with van der Waals surface area (Å²) in [5.41, 5.74) is 6.28. The minimum absolute atomic E-state index is 0. The van der Waals surface area contributed by atoms with Crippen LogP contribution >= 0.6 is 0 Å². The number of nitrogens with two attached hydrogens (primary N) is 1. The van der Waals surface area contributed by atoms with Gasteiger partial charge in [0.1, 0.15) is 11.6 Å². The molecule has 1 amide bonds. The van der Waals surface area contributed by atoms with E-state index in [-0.39, 0.29) is 32.1 Å². The first-order valence-corrected chi connectivity index (χ1v) is 11.0. The molecule has 8 nitrogen and oxygen atoms in total. The van der Waals surface area contributed by atoms with E-state index in [9.17, 15) is 9.59 Å². The number of nitrogens with zero attached hydrogens (tertiary/aromatic N) is 2. The van der Waals surface area contributed by atoms with Crippen LogP contribution in [-0.2, 0) is 25.5 Å². The molecular weight excluding hydrogens is 408 g/mol. The molecule has 0 aliphatic carbocycles. The zero-order chi connectivity index (χ0) is 25.1. The van der Waals surface area contributed by atoms with Crippen LogP contribution in [0, 0.1) is 0 Å². The van der Waals surface area contributed by atoms with Gasteiger partial charge >= 0.3 is 0 Å². The Morgan fingerprint density at radius 1 is 1.03 bits per heavy atom. The normalized spacial score (nSPS) is 8.31. The lowest BCUT2D eigenvalue weighted by molar-refractivity contribution is -0.134. The monoisotopic (exact) mass is 460 g/mol. The van der Waals surface area contributed by atoms with Gasteiger partial charge in [0.2, 0.25) is 5.91 Å². The van der Waals surface area contributed by atoms with E-state index < -0.39 is 0 Å². The third-order valence-corrected chi connectivity index (χ3v) is 3.09. The van der Waals surface area contributed by atoms with Crippen molar-refractivity contribution in [3.63, 3.8) is 0 Å². The Morgan fingerprint density at radius 3 is 1.88 bits per heavy atom. The molecular formula is C24H52N4O4. The number of anilines is 1. The lowest BCUT2D eigenvalue weighted by atomic mass is 10.2. The minimum Gasteiger partial charge on any atom is -0.384 e. The van der Waals surface area contributed by atoms with E-state index in [1.165, 1.54) is 6.92 Å². The molecule has 0 aliphatic rings. The molecule has 0 bridgehead atoms. The van der Waals surface area contributed by atoms with Crippen LogP contribution in [-0.4, -0.2) is 75.7 Å². The predicted molar refractivity (Wildman–Crippen MR) is 138 cm³/mol. The third kappa shape index (κ3) is 28.0. The average molecular weight is 461 g/mol. The van der Waals surface area contributed by atoms with E-state index in [0.717, 1.165) is 5.56 Å². The van der Waals surface area contributed by atoms with Gasteiger partial charge in [0.15, 0.2) is 0 Å². The number of nitrogen functional groups attached to an aromatic ring is 1. The molecule has 32 heavy (non-hydrogen) atoms. The van der Waals surface area contributed by atoms with Gasteiger partial charge in [-0.1, -0.05) is 55.0 Å². The molecule has 1 aromatic rings. The fourth-order valence-electron chi connectivity index (χ4n) is 1.80. The number of likely N-dealkylation sites (N-methyl/N-ethyl adjacent to an activating group) is 1. The molecule has 0 fully saturated rings. The van der Waals surface area contributed by atoms with Gasteiger partial charge in [-0.05, 0) is 25.6 Å². The summed E-state index contributed by atoms with van der Waals surface area (Å²) in [7, 11) is 5.11. The Bertz CT molecular complexity index is 493. The molecule has 0 aromatic carbocycles. The second-order valence-electron chi connectivity index (χ2n) is 5.37. The quantitative estimate of drug-likeness (QED) is 0.511. The highest BCUT2D eigenvalue weighted by Crippen LogP contribution is 2.04. The van der Waals surface area contributed by atoms with Gasteiger partial charge in [0.25, 0.3) is 0 Å². The highest BCUT2D eigenvalue weighted by molar-refractivity contribution is 5.85. The molecule has 0 saturated heterocycles. The summed E-state index contributed by atoms with van der Waals surface area (Å²) >= 11 is 0. The fourth-order valence-corrected chi connectivity index (χ4v) is 1.80. The van der Waals surface area contributed by atoms with Crippen molar-refractivity contribution < 1.29 is 19.1 Å². The number of pyridine rings is 1. The summed E-state index contributed by atoms with van der Waals surface area (Å²) in [6.07, 6.45) is 1.81. The smallest absolute Gasteiger partial charge is 0.227 e. The van der Waals surface area contributed by atoms with E-state index in [2.05, 4.69) is 19.8 Å². The molecule has 0 aliphatic heterocycles. The van der Waals surface area contributed by atoms with Crippen molar-refractivity contribution in [2.45, 2.75) is 62.3 Å². The first-order valence-electron chi connectivity index (χ1n) is 11.0.